The molecule has 0 radical (unpaired) electrons. The van der Waals surface area contributed by atoms with Gasteiger partial charge in [0.05, 0.1) is 5.25 Å². The lowest BCUT2D eigenvalue weighted by Gasteiger charge is -2.14. The van der Waals surface area contributed by atoms with Crippen LogP contribution in [-0.4, -0.2) is 38.0 Å². The maximum absolute atomic E-state index is 12.3. The van der Waals surface area contributed by atoms with Gasteiger partial charge in [-0.05, 0) is 19.8 Å². The van der Waals surface area contributed by atoms with Crippen molar-refractivity contribution in [2.24, 2.45) is 7.05 Å². The molecule has 1 aliphatic carbocycles. The average Bonchev–Trinajstić information content (AvgIpc) is 3.26. The van der Waals surface area contributed by atoms with Crippen LogP contribution in [0.15, 0.2) is 35.5 Å². The highest BCUT2D eigenvalue weighted by molar-refractivity contribution is 8.00. The van der Waals surface area contributed by atoms with Gasteiger partial charge in [-0.3, -0.25) is 10.1 Å². The molecule has 8 heteroatoms. The topological polar surface area (TPSA) is 88.9 Å². The van der Waals surface area contributed by atoms with Crippen LogP contribution in [0.25, 0.3) is 11.4 Å². The quantitative estimate of drug-likeness (QED) is 0.787. The first-order valence-electron chi connectivity index (χ1n) is 8.77. The van der Waals surface area contributed by atoms with Gasteiger partial charge >= 0.3 is 6.03 Å². The summed E-state index contributed by atoms with van der Waals surface area (Å²) in [5.74, 6) is 0.398. The van der Waals surface area contributed by atoms with Crippen LogP contribution < -0.4 is 10.6 Å². The highest BCUT2D eigenvalue weighted by Gasteiger charge is 2.23. The fourth-order valence-corrected chi connectivity index (χ4v) is 3.79. The summed E-state index contributed by atoms with van der Waals surface area (Å²) < 4.78 is 1.85. The predicted octanol–water partition coefficient (Wildman–Crippen LogP) is 2.73. The molecule has 138 valence electrons. The smallest absolute Gasteiger partial charge is 0.321 e. The van der Waals surface area contributed by atoms with Crippen molar-refractivity contribution in [3.8, 4) is 11.4 Å². The summed E-state index contributed by atoms with van der Waals surface area (Å²) in [7, 11) is 1.86. The van der Waals surface area contributed by atoms with Gasteiger partial charge in [-0.15, -0.1) is 10.2 Å². The first-order valence-corrected chi connectivity index (χ1v) is 9.65. The van der Waals surface area contributed by atoms with E-state index in [1.165, 1.54) is 11.8 Å². The van der Waals surface area contributed by atoms with E-state index in [-0.39, 0.29) is 11.9 Å². The molecule has 0 spiro atoms. The SMILES string of the molecule is C[C@H](Sc1nnc(-c2ccccc2)n1C)C(=O)NC(=O)NC1CCCC1. The Bertz CT molecular complexity index is 771. The van der Waals surface area contributed by atoms with E-state index in [1.807, 2.05) is 41.9 Å². The number of imide groups is 1. The number of carbonyl (C=O) groups is 2. The summed E-state index contributed by atoms with van der Waals surface area (Å²) in [5, 5.41) is 13.8. The van der Waals surface area contributed by atoms with Crippen LogP contribution >= 0.6 is 11.8 Å². The van der Waals surface area contributed by atoms with Crippen LogP contribution in [0.5, 0.6) is 0 Å². The third-order valence-corrected chi connectivity index (χ3v) is 5.58. The lowest BCUT2D eigenvalue weighted by molar-refractivity contribution is -0.119. The number of thioether (sulfide) groups is 1. The van der Waals surface area contributed by atoms with Gasteiger partial charge in [0.2, 0.25) is 5.91 Å². The Morgan fingerprint density at radius 2 is 1.88 bits per heavy atom. The number of rotatable bonds is 5. The Hall–Kier alpha value is -2.35. The van der Waals surface area contributed by atoms with Crippen molar-refractivity contribution in [2.45, 2.75) is 49.1 Å². The number of hydrogen-bond donors (Lipinski definition) is 2. The molecule has 7 nitrogen and oxygen atoms in total. The van der Waals surface area contributed by atoms with Crippen LogP contribution in [0.2, 0.25) is 0 Å². The number of carbonyl (C=O) groups excluding carboxylic acids is 2. The number of nitrogens with zero attached hydrogens (tertiary/aromatic N) is 3. The maximum atomic E-state index is 12.3. The van der Waals surface area contributed by atoms with Crippen LogP contribution in [0.1, 0.15) is 32.6 Å². The van der Waals surface area contributed by atoms with Crippen LogP contribution in [0, 0.1) is 0 Å². The number of aromatic nitrogens is 3. The molecule has 0 bridgehead atoms. The van der Waals surface area contributed by atoms with E-state index in [0.29, 0.717) is 5.16 Å². The van der Waals surface area contributed by atoms with Crippen molar-refractivity contribution in [2.75, 3.05) is 0 Å². The maximum Gasteiger partial charge on any atom is 0.321 e. The lowest BCUT2D eigenvalue weighted by atomic mass is 10.2. The van der Waals surface area contributed by atoms with Gasteiger partial charge in [0.25, 0.3) is 0 Å². The average molecular weight is 373 g/mol. The summed E-state index contributed by atoms with van der Waals surface area (Å²) in [6.07, 6.45) is 4.21. The third kappa shape index (κ3) is 4.43. The van der Waals surface area contributed by atoms with Gasteiger partial charge in [-0.25, -0.2) is 4.79 Å². The minimum absolute atomic E-state index is 0.179. The van der Waals surface area contributed by atoms with E-state index in [2.05, 4.69) is 20.8 Å². The molecule has 2 N–H and O–H groups in total. The third-order valence-electron chi connectivity index (χ3n) is 4.45. The van der Waals surface area contributed by atoms with Crippen LogP contribution in [0.3, 0.4) is 0 Å². The molecule has 1 aliphatic rings. The second-order valence-corrected chi connectivity index (χ2v) is 7.74. The van der Waals surface area contributed by atoms with E-state index in [0.717, 1.165) is 37.1 Å². The number of urea groups is 1. The first kappa shape index (κ1) is 18.4. The molecule has 26 heavy (non-hydrogen) atoms. The van der Waals surface area contributed by atoms with E-state index >= 15 is 0 Å². The van der Waals surface area contributed by atoms with E-state index < -0.39 is 11.3 Å². The number of nitrogens with one attached hydrogen (secondary N) is 2. The van der Waals surface area contributed by atoms with Crippen molar-refractivity contribution >= 4 is 23.7 Å². The van der Waals surface area contributed by atoms with Gasteiger partial charge in [0.1, 0.15) is 0 Å². The fraction of sp³-hybridized carbons (Fsp3) is 0.444. The highest BCUT2D eigenvalue weighted by atomic mass is 32.2. The Kier molecular flexibility index (Phi) is 5.92. The van der Waals surface area contributed by atoms with Gasteiger partial charge in [0.15, 0.2) is 11.0 Å². The molecule has 1 aromatic carbocycles. The molecule has 1 saturated carbocycles. The molecule has 0 saturated heterocycles. The zero-order valence-electron chi connectivity index (χ0n) is 14.9. The van der Waals surface area contributed by atoms with Gasteiger partial charge < -0.3 is 9.88 Å². The summed E-state index contributed by atoms with van der Waals surface area (Å²) in [4.78, 5) is 24.2. The normalized spacial score (nSPS) is 15.6. The zero-order chi connectivity index (χ0) is 18.5. The minimum Gasteiger partial charge on any atom is -0.335 e. The van der Waals surface area contributed by atoms with E-state index in [1.54, 1.807) is 6.92 Å². The molecule has 0 aliphatic heterocycles. The summed E-state index contributed by atoms with van der Waals surface area (Å²) in [6, 6.07) is 9.50. The first-order chi connectivity index (χ1) is 12.5. The Balaban J connectivity index is 1.57. The van der Waals surface area contributed by atoms with Crippen LogP contribution in [0.4, 0.5) is 4.79 Å². The van der Waals surface area contributed by atoms with Gasteiger partial charge in [-0.1, -0.05) is 54.9 Å². The lowest BCUT2D eigenvalue weighted by Crippen LogP contribution is -2.45. The summed E-state index contributed by atoms with van der Waals surface area (Å²) in [5.41, 5.74) is 0.961. The molecule has 1 atom stereocenters. The fourth-order valence-electron chi connectivity index (χ4n) is 2.97. The summed E-state index contributed by atoms with van der Waals surface area (Å²) >= 11 is 1.28. The van der Waals surface area contributed by atoms with Crippen LogP contribution in [-0.2, 0) is 11.8 Å². The number of benzene rings is 1. The van der Waals surface area contributed by atoms with Crippen molar-refractivity contribution in [1.82, 2.24) is 25.4 Å². The predicted molar refractivity (Wildman–Crippen MR) is 101 cm³/mol. The number of hydrogen-bond acceptors (Lipinski definition) is 5. The Labute approximate surface area is 157 Å². The van der Waals surface area contributed by atoms with Crippen molar-refractivity contribution < 1.29 is 9.59 Å². The zero-order valence-corrected chi connectivity index (χ0v) is 15.8. The molecule has 3 rings (SSSR count). The molecular weight excluding hydrogens is 350 g/mol. The number of amides is 3. The van der Waals surface area contributed by atoms with Gasteiger partial charge in [-0.2, -0.15) is 0 Å². The second-order valence-electron chi connectivity index (χ2n) is 6.44. The molecular formula is C18H23N5O2S. The van der Waals surface area contributed by atoms with Crippen molar-refractivity contribution in [3.63, 3.8) is 0 Å². The van der Waals surface area contributed by atoms with Crippen molar-refractivity contribution in [1.29, 1.82) is 0 Å². The molecule has 3 amide bonds. The van der Waals surface area contributed by atoms with Gasteiger partial charge in [0, 0.05) is 18.7 Å². The minimum atomic E-state index is -0.462. The summed E-state index contributed by atoms with van der Waals surface area (Å²) in [6.45, 7) is 1.75. The molecule has 2 aromatic rings. The highest BCUT2D eigenvalue weighted by Crippen LogP contribution is 2.25. The Morgan fingerprint density at radius 1 is 1.19 bits per heavy atom. The molecule has 0 unspecified atom stereocenters. The monoisotopic (exact) mass is 373 g/mol. The molecule has 1 aromatic heterocycles. The van der Waals surface area contributed by atoms with E-state index in [4.69, 9.17) is 0 Å². The van der Waals surface area contributed by atoms with E-state index in [9.17, 15) is 9.59 Å². The second kappa shape index (κ2) is 8.35. The largest absolute Gasteiger partial charge is 0.335 e. The molecule has 1 fully saturated rings. The Morgan fingerprint density at radius 3 is 2.58 bits per heavy atom. The molecule has 1 heterocycles. The van der Waals surface area contributed by atoms with Crippen molar-refractivity contribution in [3.05, 3.63) is 30.3 Å². The standard InChI is InChI=1S/C18H23N5O2S/c1-12(16(24)20-17(25)19-14-10-6-7-11-14)26-18-22-21-15(23(18)2)13-8-4-3-5-9-13/h3-5,8-9,12,14H,6-7,10-11H2,1-2H3,(H2,19,20,24,25)/t12-/m0/s1.